The molecule has 0 aliphatic heterocycles. The molecule has 0 aromatic carbocycles. The second-order valence-electron chi connectivity index (χ2n) is 6.69. The molecule has 122 valence electrons. The van der Waals surface area contributed by atoms with Gasteiger partial charge in [-0.25, -0.2) is 4.98 Å². The highest BCUT2D eigenvalue weighted by Gasteiger charge is 2.31. The molecule has 1 aliphatic rings. The van der Waals surface area contributed by atoms with E-state index in [1.165, 1.54) is 5.56 Å². The number of amides is 1. The van der Waals surface area contributed by atoms with E-state index in [4.69, 9.17) is 0 Å². The van der Waals surface area contributed by atoms with Crippen molar-refractivity contribution in [1.82, 2.24) is 19.9 Å². The van der Waals surface area contributed by atoms with Crippen LogP contribution in [0.5, 0.6) is 0 Å². The Bertz CT molecular complexity index is 692. The minimum Gasteiger partial charge on any atom is -0.338 e. The summed E-state index contributed by atoms with van der Waals surface area (Å²) in [5.74, 6) is 1.18. The maximum Gasteiger partial charge on any atom is 0.272 e. The van der Waals surface area contributed by atoms with Gasteiger partial charge in [0.1, 0.15) is 11.5 Å². The number of aromatic nitrogens is 3. The van der Waals surface area contributed by atoms with Gasteiger partial charge in [0.15, 0.2) is 0 Å². The molecule has 0 saturated carbocycles. The first-order chi connectivity index (χ1) is 11.1. The van der Waals surface area contributed by atoms with E-state index >= 15 is 0 Å². The van der Waals surface area contributed by atoms with Crippen LogP contribution in [0, 0.1) is 12.8 Å². The van der Waals surface area contributed by atoms with Gasteiger partial charge in [-0.15, -0.1) is 0 Å². The van der Waals surface area contributed by atoms with Crippen molar-refractivity contribution in [1.29, 1.82) is 0 Å². The molecule has 5 heteroatoms. The zero-order valence-corrected chi connectivity index (χ0v) is 14.0. The molecule has 2 aromatic rings. The first kappa shape index (κ1) is 15.7. The van der Waals surface area contributed by atoms with E-state index < -0.39 is 0 Å². The summed E-state index contributed by atoms with van der Waals surface area (Å²) >= 11 is 0. The van der Waals surface area contributed by atoms with Gasteiger partial charge in [-0.05, 0) is 43.7 Å². The Morgan fingerprint density at radius 2 is 2.26 bits per heavy atom. The van der Waals surface area contributed by atoms with Gasteiger partial charge in [-0.2, -0.15) is 0 Å². The molecule has 2 aromatic heterocycles. The summed E-state index contributed by atoms with van der Waals surface area (Å²) in [6, 6.07) is 4.17. The number of H-pyrrole nitrogens is 1. The van der Waals surface area contributed by atoms with Gasteiger partial charge in [0.25, 0.3) is 5.91 Å². The predicted molar refractivity (Wildman–Crippen MR) is 89.1 cm³/mol. The molecular formula is C18H24N4O. The molecule has 5 nitrogen and oxygen atoms in total. The Kier molecular flexibility index (Phi) is 4.46. The molecule has 0 fully saturated rings. The van der Waals surface area contributed by atoms with Crippen LogP contribution in [0.2, 0.25) is 0 Å². The van der Waals surface area contributed by atoms with Gasteiger partial charge in [-0.1, -0.05) is 19.9 Å². The number of imidazole rings is 1. The van der Waals surface area contributed by atoms with Crippen LogP contribution in [0.1, 0.15) is 60.3 Å². The van der Waals surface area contributed by atoms with E-state index in [-0.39, 0.29) is 11.9 Å². The first-order valence-corrected chi connectivity index (χ1v) is 8.32. The minimum atomic E-state index is 0.0165. The van der Waals surface area contributed by atoms with Gasteiger partial charge in [0.2, 0.25) is 0 Å². The van der Waals surface area contributed by atoms with Gasteiger partial charge < -0.3 is 9.88 Å². The van der Waals surface area contributed by atoms with Crippen LogP contribution in [-0.2, 0) is 6.42 Å². The van der Waals surface area contributed by atoms with Crippen LogP contribution < -0.4 is 0 Å². The molecular weight excluding hydrogens is 288 g/mol. The van der Waals surface area contributed by atoms with Gasteiger partial charge >= 0.3 is 0 Å². The fraction of sp³-hybridized carbons (Fsp3) is 0.500. The van der Waals surface area contributed by atoms with Crippen molar-refractivity contribution in [2.45, 2.75) is 46.1 Å². The highest BCUT2D eigenvalue weighted by atomic mass is 16.2. The number of pyridine rings is 1. The van der Waals surface area contributed by atoms with Crippen molar-refractivity contribution in [2.75, 3.05) is 6.54 Å². The normalized spacial score (nSPS) is 17.1. The minimum absolute atomic E-state index is 0.0165. The monoisotopic (exact) mass is 312 g/mol. The summed E-state index contributed by atoms with van der Waals surface area (Å²) in [4.78, 5) is 26.8. The third-order valence-electron chi connectivity index (χ3n) is 4.30. The summed E-state index contributed by atoms with van der Waals surface area (Å²) in [5.41, 5.74) is 2.89. The summed E-state index contributed by atoms with van der Waals surface area (Å²) in [7, 11) is 0. The maximum absolute atomic E-state index is 13.0. The summed E-state index contributed by atoms with van der Waals surface area (Å²) < 4.78 is 0. The number of hydrogen-bond donors (Lipinski definition) is 1. The molecule has 0 bridgehead atoms. The zero-order chi connectivity index (χ0) is 16.4. The highest BCUT2D eigenvalue weighted by molar-refractivity contribution is 5.92. The molecule has 1 unspecified atom stereocenters. The number of carbonyl (C=O) groups excluding carboxylic acids is 1. The SMILES string of the molecule is Cc1ncc(C(=O)N(CC(C)C)C2CCCc3cccnc32)[nH]1. The third kappa shape index (κ3) is 3.28. The maximum atomic E-state index is 13.0. The topological polar surface area (TPSA) is 61.9 Å². The second kappa shape index (κ2) is 6.52. The fourth-order valence-corrected chi connectivity index (χ4v) is 3.32. The van der Waals surface area contributed by atoms with Crippen molar-refractivity contribution < 1.29 is 4.79 Å². The lowest BCUT2D eigenvalue weighted by Crippen LogP contribution is -2.39. The second-order valence-corrected chi connectivity index (χ2v) is 6.69. The van der Waals surface area contributed by atoms with Crippen LogP contribution in [0.3, 0.4) is 0 Å². The summed E-state index contributed by atoms with van der Waals surface area (Å²) in [5, 5.41) is 0. The summed E-state index contributed by atoms with van der Waals surface area (Å²) in [6.07, 6.45) is 6.57. The lowest BCUT2D eigenvalue weighted by atomic mass is 9.90. The molecule has 1 N–H and O–H groups in total. The molecule has 1 atom stereocenters. The number of carbonyl (C=O) groups is 1. The molecule has 0 spiro atoms. The number of nitrogens with zero attached hydrogens (tertiary/aromatic N) is 3. The van der Waals surface area contributed by atoms with Crippen LogP contribution in [-0.4, -0.2) is 32.3 Å². The Hall–Kier alpha value is -2.17. The lowest BCUT2D eigenvalue weighted by molar-refractivity contribution is 0.0617. The van der Waals surface area contributed by atoms with E-state index in [9.17, 15) is 4.79 Å². The quantitative estimate of drug-likeness (QED) is 0.942. The van der Waals surface area contributed by atoms with Crippen LogP contribution >= 0.6 is 0 Å². The van der Waals surface area contributed by atoms with E-state index in [0.717, 1.165) is 37.3 Å². The van der Waals surface area contributed by atoms with Gasteiger partial charge in [-0.3, -0.25) is 9.78 Å². The van der Waals surface area contributed by atoms with Crippen molar-refractivity contribution >= 4 is 5.91 Å². The largest absolute Gasteiger partial charge is 0.338 e. The molecule has 0 radical (unpaired) electrons. The molecule has 1 amide bonds. The number of fused-ring (bicyclic) bond motifs is 1. The fourth-order valence-electron chi connectivity index (χ4n) is 3.32. The first-order valence-electron chi connectivity index (χ1n) is 8.32. The highest BCUT2D eigenvalue weighted by Crippen LogP contribution is 2.34. The Labute approximate surface area is 137 Å². The number of nitrogens with one attached hydrogen (secondary N) is 1. The number of rotatable bonds is 4. The van der Waals surface area contributed by atoms with Crippen LogP contribution in [0.4, 0.5) is 0 Å². The average Bonchev–Trinajstić information content (AvgIpc) is 2.98. The zero-order valence-electron chi connectivity index (χ0n) is 14.0. The Morgan fingerprint density at radius 3 is 2.96 bits per heavy atom. The predicted octanol–water partition coefficient (Wildman–Crippen LogP) is 3.29. The van der Waals surface area contributed by atoms with E-state index in [2.05, 4.69) is 34.9 Å². The van der Waals surface area contributed by atoms with Crippen molar-refractivity contribution in [3.63, 3.8) is 0 Å². The number of aryl methyl sites for hydroxylation is 2. The third-order valence-corrected chi connectivity index (χ3v) is 4.30. The number of aromatic amines is 1. The summed E-state index contributed by atoms with van der Waals surface area (Å²) in [6.45, 7) is 6.86. The molecule has 2 heterocycles. The van der Waals surface area contributed by atoms with Gasteiger partial charge in [0, 0.05) is 12.7 Å². The van der Waals surface area contributed by atoms with E-state index in [1.807, 2.05) is 24.1 Å². The van der Waals surface area contributed by atoms with E-state index in [1.54, 1.807) is 6.20 Å². The van der Waals surface area contributed by atoms with Crippen molar-refractivity contribution in [2.24, 2.45) is 5.92 Å². The number of hydrogen-bond acceptors (Lipinski definition) is 3. The smallest absolute Gasteiger partial charge is 0.272 e. The standard InChI is InChI=1S/C18H24N4O/c1-12(2)11-22(18(23)15-10-20-13(3)21-15)16-8-4-6-14-7-5-9-19-17(14)16/h5,7,9-10,12,16H,4,6,8,11H2,1-3H3,(H,20,21). The molecule has 1 aliphatic carbocycles. The lowest BCUT2D eigenvalue weighted by Gasteiger charge is -2.35. The van der Waals surface area contributed by atoms with Crippen LogP contribution in [0.25, 0.3) is 0 Å². The molecule has 0 saturated heterocycles. The van der Waals surface area contributed by atoms with E-state index in [0.29, 0.717) is 11.6 Å². The van der Waals surface area contributed by atoms with Crippen molar-refractivity contribution in [3.05, 3.63) is 47.3 Å². The Balaban J connectivity index is 1.95. The van der Waals surface area contributed by atoms with Crippen molar-refractivity contribution in [3.8, 4) is 0 Å². The Morgan fingerprint density at radius 1 is 1.43 bits per heavy atom. The molecule has 23 heavy (non-hydrogen) atoms. The van der Waals surface area contributed by atoms with Gasteiger partial charge in [0.05, 0.1) is 17.9 Å². The van der Waals surface area contributed by atoms with Crippen LogP contribution in [0.15, 0.2) is 24.5 Å². The molecule has 3 rings (SSSR count). The average molecular weight is 312 g/mol.